The molecule has 8 nitrogen and oxygen atoms in total. The van der Waals surface area contributed by atoms with Crippen molar-refractivity contribution in [1.82, 2.24) is 19.7 Å². The molecule has 0 fully saturated rings. The van der Waals surface area contributed by atoms with Crippen LogP contribution in [-0.2, 0) is 4.79 Å². The molecule has 5 rings (SSSR count). The Morgan fingerprint density at radius 1 is 1.09 bits per heavy atom. The van der Waals surface area contributed by atoms with Crippen molar-refractivity contribution in [3.63, 3.8) is 0 Å². The van der Waals surface area contributed by atoms with Crippen LogP contribution in [0.4, 0.5) is 5.82 Å². The van der Waals surface area contributed by atoms with Gasteiger partial charge in [-0.2, -0.15) is 9.78 Å². The van der Waals surface area contributed by atoms with E-state index in [1.807, 2.05) is 26.8 Å². The number of hydrogen-bond acceptors (Lipinski definition) is 6. The number of Topliss-reactive ketones (excluding diaryl/α,β-unsaturated/α-hetero) is 1. The molecule has 3 aromatic rings. The van der Waals surface area contributed by atoms with Gasteiger partial charge in [0.1, 0.15) is 5.82 Å². The zero-order valence-corrected chi connectivity index (χ0v) is 19.9. The molecular weight excluding hydrogens is 430 g/mol. The molecule has 1 aliphatic carbocycles. The third-order valence-electron chi connectivity index (χ3n) is 6.52. The molecule has 0 unspecified atom stereocenters. The number of nitrogens with one attached hydrogen (secondary N) is 1. The van der Waals surface area contributed by atoms with Crippen LogP contribution in [0.15, 0.2) is 41.6 Å². The number of aromatic carboxylic acids is 1. The van der Waals surface area contributed by atoms with E-state index in [1.54, 1.807) is 28.9 Å². The molecule has 0 amide bonds. The SMILES string of the molecule is Cc1cc(C)nc(-n2nc(C)c3c2NC2=C(C(=O)CC(C)(C)C2)[C@@H]3c2ccc(C(=O)O)cc2)n1. The highest BCUT2D eigenvalue weighted by Crippen LogP contribution is 2.50. The first-order chi connectivity index (χ1) is 16.0. The Bertz CT molecular complexity index is 1360. The number of aromatic nitrogens is 4. The lowest BCUT2D eigenvalue weighted by atomic mass is 9.69. The number of carboxylic acids is 1. The molecule has 2 aromatic heterocycles. The summed E-state index contributed by atoms with van der Waals surface area (Å²) in [6, 6.07) is 8.68. The number of fused-ring (bicyclic) bond motifs is 1. The van der Waals surface area contributed by atoms with E-state index in [1.165, 1.54) is 0 Å². The van der Waals surface area contributed by atoms with Crippen LogP contribution in [-0.4, -0.2) is 36.6 Å². The fraction of sp³-hybridized carbons (Fsp3) is 0.346. The Kier molecular flexibility index (Phi) is 4.93. The van der Waals surface area contributed by atoms with Crippen LogP contribution >= 0.6 is 0 Å². The second kappa shape index (κ2) is 7.62. The van der Waals surface area contributed by atoms with Gasteiger partial charge in [-0.3, -0.25) is 4.79 Å². The fourth-order valence-corrected chi connectivity index (χ4v) is 5.17. The summed E-state index contributed by atoms with van der Waals surface area (Å²) in [4.78, 5) is 34.1. The first kappa shape index (κ1) is 22.0. The summed E-state index contributed by atoms with van der Waals surface area (Å²) >= 11 is 0. The summed E-state index contributed by atoms with van der Waals surface area (Å²) < 4.78 is 1.72. The molecule has 174 valence electrons. The van der Waals surface area contributed by atoms with Gasteiger partial charge in [0.15, 0.2) is 5.78 Å². The number of benzene rings is 1. The first-order valence-electron chi connectivity index (χ1n) is 11.3. The summed E-state index contributed by atoms with van der Waals surface area (Å²) in [5, 5.41) is 17.7. The predicted octanol–water partition coefficient (Wildman–Crippen LogP) is 4.49. The highest BCUT2D eigenvalue weighted by atomic mass is 16.4. The average molecular weight is 458 g/mol. The third kappa shape index (κ3) is 3.59. The zero-order valence-electron chi connectivity index (χ0n) is 19.9. The summed E-state index contributed by atoms with van der Waals surface area (Å²) in [6.45, 7) is 9.95. The molecule has 1 aromatic carbocycles. The molecule has 0 saturated heterocycles. The lowest BCUT2D eigenvalue weighted by Crippen LogP contribution is -2.34. The lowest BCUT2D eigenvalue weighted by molar-refractivity contribution is -0.118. The largest absolute Gasteiger partial charge is 0.478 e. The van der Waals surface area contributed by atoms with Crippen LogP contribution in [0.1, 0.15) is 71.2 Å². The number of hydrogen-bond donors (Lipinski definition) is 2. The van der Waals surface area contributed by atoms with Crippen molar-refractivity contribution >= 4 is 17.6 Å². The van der Waals surface area contributed by atoms with E-state index in [2.05, 4.69) is 29.1 Å². The Balaban J connectivity index is 1.74. The van der Waals surface area contributed by atoms with Gasteiger partial charge in [0, 0.05) is 40.6 Å². The second-order valence-electron chi connectivity index (χ2n) is 10.0. The van der Waals surface area contributed by atoms with Crippen LogP contribution < -0.4 is 5.32 Å². The van der Waals surface area contributed by atoms with Crippen LogP contribution in [0.2, 0.25) is 0 Å². The minimum absolute atomic E-state index is 0.103. The van der Waals surface area contributed by atoms with Gasteiger partial charge in [-0.05, 0) is 56.4 Å². The van der Waals surface area contributed by atoms with Crippen LogP contribution in [0, 0.1) is 26.2 Å². The number of nitrogens with zero attached hydrogens (tertiary/aromatic N) is 4. The van der Waals surface area contributed by atoms with Gasteiger partial charge < -0.3 is 10.4 Å². The van der Waals surface area contributed by atoms with E-state index >= 15 is 0 Å². The maximum Gasteiger partial charge on any atom is 0.335 e. The van der Waals surface area contributed by atoms with Gasteiger partial charge in [-0.25, -0.2) is 14.8 Å². The standard InChI is InChI=1S/C26H27N5O3/c1-13-10-14(2)28-25(27-13)31-23-20(15(3)30-31)21(16-6-8-17(9-7-16)24(33)34)22-18(29-23)11-26(4,5)12-19(22)32/h6-10,21,29H,11-12H2,1-5H3,(H,33,34)/t21-/m1/s1. The number of carbonyl (C=O) groups is 2. The number of rotatable bonds is 3. The fourth-order valence-electron chi connectivity index (χ4n) is 5.17. The molecule has 3 heterocycles. The van der Waals surface area contributed by atoms with E-state index in [-0.39, 0.29) is 22.7 Å². The quantitative estimate of drug-likeness (QED) is 0.596. The maximum absolute atomic E-state index is 13.4. The number of aryl methyl sites for hydroxylation is 3. The molecule has 0 bridgehead atoms. The number of carbonyl (C=O) groups excluding carboxylic acids is 1. The summed E-state index contributed by atoms with van der Waals surface area (Å²) in [7, 11) is 0. The highest BCUT2D eigenvalue weighted by Gasteiger charge is 2.43. The van der Waals surface area contributed by atoms with Gasteiger partial charge in [-0.1, -0.05) is 26.0 Å². The lowest BCUT2D eigenvalue weighted by Gasteiger charge is -2.38. The smallest absolute Gasteiger partial charge is 0.335 e. The monoisotopic (exact) mass is 457 g/mol. The first-order valence-corrected chi connectivity index (χ1v) is 11.3. The van der Waals surface area contributed by atoms with Crippen molar-refractivity contribution in [2.45, 2.75) is 53.4 Å². The molecule has 1 aliphatic heterocycles. The molecule has 0 saturated carbocycles. The van der Waals surface area contributed by atoms with E-state index in [9.17, 15) is 14.7 Å². The van der Waals surface area contributed by atoms with Crippen molar-refractivity contribution in [1.29, 1.82) is 0 Å². The van der Waals surface area contributed by atoms with Crippen molar-refractivity contribution in [3.05, 3.63) is 75.4 Å². The molecule has 0 spiro atoms. The Morgan fingerprint density at radius 2 is 1.74 bits per heavy atom. The Labute approximate surface area is 197 Å². The highest BCUT2D eigenvalue weighted by molar-refractivity contribution is 6.01. The minimum atomic E-state index is -0.982. The number of allylic oxidation sites excluding steroid dienone is 2. The van der Waals surface area contributed by atoms with Crippen LogP contribution in [0.3, 0.4) is 0 Å². The van der Waals surface area contributed by atoms with Gasteiger partial charge >= 0.3 is 5.97 Å². The average Bonchev–Trinajstić information content (AvgIpc) is 3.07. The number of ketones is 1. The van der Waals surface area contributed by atoms with Gasteiger partial charge in [0.05, 0.1) is 11.3 Å². The summed E-state index contributed by atoms with van der Waals surface area (Å²) in [6.07, 6.45) is 1.18. The van der Waals surface area contributed by atoms with Crippen LogP contribution in [0.5, 0.6) is 0 Å². The van der Waals surface area contributed by atoms with Crippen molar-refractivity contribution in [2.75, 3.05) is 5.32 Å². The van der Waals surface area contributed by atoms with Gasteiger partial charge in [0.25, 0.3) is 5.95 Å². The van der Waals surface area contributed by atoms with Crippen molar-refractivity contribution in [3.8, 4) is 5.95 Å². The molecule has 8 heteroatoms. The summed E-state index contributed by atoms with van der Waals surface area (Å²) in [5.74, 6) is -0.00777. The molecule has 0 radical (unpaired) electrons. The van der Waals surface area contributed by atoms with Crippen molar-refractivity contribution in [2.24, 2.45) is 5.41 Å². The predicted molar refractivity (Wildman–Crippen MR) is 127 cm³/mol. The molecule has 1 atom stereocenters. The van der Waals surface area contributed by atoms with Crippen molar-refractivity contribution < 1.29 is 14.7 Å². The zero-order chi connectivity index (χ0) is 24.4. The van der Waals surface area contributed by atoms with Gasteiger partial charge in [-0.15, -0.1) is 0 Å². The number of carboxylic acid groups (broad SMARTS) is 1. The molecular formula is C26H27N5O3. The normalized spacial score (nSPS) is 18.9. The molecule has 2 aliphatic rings. The van der Waals surface area contributed by atoms with E-state index in [0.29, 0.717) is 12.4 Å². The maximum atomic E-state index is 13.4. The van der Waals surface area contributed by atoms with E-state index < -0.39 is 5.97 Å². The summed E-state index contributed by atoms with van der Waals surface area (Å²) in [5.41, 5.74) is 5.85. The minimum Gasteiger partial charge on any atom is -0.478 e. The second-order valence-corrected chi connectivity index (χ2v) is 10.0. The molecule has 2 N–H and O–H groups in total. The Hall–Kier alpha value is -3.81. The third-order valence-corrected chi connectivity index (χ3v) is 6.52. The topological polar surface area (TPSA) is 110 Å². The Morgan fingerprint density at radius 3 is 2.35 bits per heavy atom. The number of anilines is 1. The van der Waals surface area contributed by atoms with E-state index in [4.69, 9.17) is 5.10 Å². The molecule has 34 heavy (non-hydrogen) atoms. The van der Waals surface area contributed by atoms with Gasteiger partial charge in [0.2, 0.25) is 0 Å². The van der Waals surface area contributed by atoms with E-state index in [0.717, 1.165) is 51.7 Å². The van der Waals surface area contributed by atoms with Crippen LogP contribution in [0.25, 0.3) is 5.95 Å².